The lowest BCUT2D eigenvalue weighted by Crippen LogP contribution is -1.92. The fraction of sp³-hybridized carbons (Fsp3) is 0. The summed E-state index contributed by atoms with van der Waals surface area (Å²) in [5.74, 6) is 0. The van der Waals surface area contributed by atoms with Crippen molar-refractivity contribution in [2.75, 3.05) is 0 Å². The SMILES string of the molecule is c1ccc(-c2cc(-c3ccc(-c4ccccc4)c(-c4cccc(-c5ccc6sc7ccccc7c6c5)c4)c3)cc(-c3ccccc3)n2)cc1. The van der Waals surface area contributed by atoms with Crippen molar-refractivity contribution in [2.24, 2.45) is 0 Å². The molecule has 230 valence electrons. The number of thiophene rings is 1. The minimum atomic E-state index is 0.962. The Morgan fingerprint density at radius 2 is 0.816 bits per heavy atom. The zero-order valence-electron chi connectivity index (χ0n) is 26.8. The average Bonchev–Trinajstić information content (AvgIpc) is 3.57. The van der Waals surface area contributed by atoms with Gasteiger partial charge in [0, 0.05) is 31.3 Å². The van der Waals surface area contributed by atoms with Crippen LogP contribution in [0, 0.1) is 0 Å². The van der Waals surface area contributed by atoms with Gasteiger partial charge in [-0.1, -0.05) is 146 Å². The van der Waals surface area contributed by atoms with Crippen LogP contribution in [0.1, 0.15) is 0 Å². The maximum atomic E-state index is 5.13. The van der Waals surface area contributed by atoms with Crippen molar-refractivity contribution in [1.29, 1.82) is 0 Å². The Morgan fingerprint density at radius 3 is 1.53 bits per heavy atom. The second-order valence-electron chi connectivity index (χ2n) is 12.4. The van der Waals surface area contributed by atoms with Gasteiger partial charge in [0.15, 0.2) is 0 Å². The summed E-state index contributed by atoms with van der Waals surface area (Å²) in [4.78, 5) is 5.13. The molecule has 0 spiro atoms. The number of rotatable bonds is 6. The molecule has 0 bridgehead atoms. The van der Waals surface area contributed by atoms with E-state index in [-0.39, 0.29) is 0 Å². The van der Waals surface area contributed by atoms with E-state index in [0.717, 1.165) is 33.6 Å². The quantitative estimate of drug-likeness (QED) is 0.176. The average molecular weight is 642 g/mol. The van der Waals surface area contributed by atoms with E-state index in [4.69, 9.17) is 4.98 Å². The summed E-state index contributed by atoms with van der Waals surface area (Å²) in [6.07, 6.45) is 0. The highest BCUT2D eigenvalue weighted by Crippen LogP contribution is 2.40. The van der Waals surface area contributed by atoms with Crippen molar-refractivity contribution in [1.82, 2.24) is 4.98 Å². The summed E-state index contributed by atoms with van der Waals surface area (Å²) in [5.41, 5.74) is 13.7. The van der Waals surface area contributed by atoms with Crippen LogP contribution < -0.4 is 0 Å². The van der Waals surface area contributed by atoms with Crippen LogP contribution in [0.4, 0.5) is 0 Å². The van der Waals surface area contributed by atoms with Gasteiger partial charge in [-0.15, -0.1) is 11.3 Å². The maximum absolute atomic E-state index is 5.13. The lowest BCUT2D eigenvalue weighted by atomic mass is 9.89. The minimum Gasteiger partial charge on any atom is -0.248 e. The fourth-order valence-electron chi connectivity index (χ4n) is 6.81. The molecule has 0 saturated heterocycles. The molecule has 0 unspecified atom stereocenters. The van der Waals surface area contributed by atoms with E-state index >= 15 is 0 Å². The van der Waals surface area contributed by atoms with E-state index in [1.54, 1.807) is 0 Å². The Balaban J connectivity index is 1.21. The molecular formula is C47H31NS. The molecule has 9 rings (SSSR count). The van der Waals surface area contributed by atoms with Crippen LogP contribution in [0.3, 0.4) is 0 Å². The van der Waals surface area contributed by atoms with Crippen LogP contribution >= 0.6 is 11.3 Å². The van der Waals surface area contributed by atoms with Gasteiger partial charge in [-0.3, -0.25) is 0 Å². The van der Waals surface area contributed by atoms with Crippen LogP contribution in [-0.4, -0.2) is 4.98 Å². The first-order chi connectivity index (χ1) is 24.3. The van der Waals surface area contributed by atoms with Gasteiger partial charge < -0.3 is 0 Å². The van der Waals surface area contributed by atoms with Crippen LogP contribution in [0.5, 0.6) is 0 Å². The smallest absolute Gasteiger partial charge is 0.0715 e. The highest BCUT2D eigenvalue weighted by atomic mass is 32.1. The maximum Gasteiger partial charge on any atom is 0.0715 e. The molecule has 0 aliphatic rings. The monoisotopic (exact) mass is 641 g/mol. The van der Waals surface area contributed by atoms with E-state index in [1.807, 2.05) is 11.3 Å². The van der Waals surface area contributed by atoms with Crippen LogP contribution in [0.15, 0.2) is 188 Å². The fourth-order valence-corrected chi connectivity index (χ4v) is 7.90. The lowest BCUT2D eigenvalue weighted by Gasteiger charge is -2.16. The Labute approximate surface area is 290 Å². The Hall–Kier alpha value is -6.09. The normalized spacial score (nSPS) is 11.3. The summed E-state index contributed by atoms with van der Waals surface area (Å²) < 4.78 is 2.65. The first-order valence-corrected chi connectivity index (χ1v) is 17.4. The molecule has 7 aromatic carbocycles. The second-order valence-corrected chi connectivity index (χ2v) is 13.5. The Morgan fingerprint density at radius 1 is 0.286 bits per heavy atom. The summed E-state index contributed by atoms with van der Waals surface area (Å²) >= 11 is 1.86. The van der Waals surface area contributed by atoms with Gasteiger partial charge in [0.05, 0.1) is 11.4 Å². The zero-order chi connectivity index (χ0) is 32.6. The predicted octanol–water partition coefficient (Wildman–Crippen LogP) is 13.5. The van der Waals surface area contributed by atoms with E-state index in [1.165, 1.54) is 53.6 Å². The summed E-state index contributed by atoms with van der Waals surface area (Å²) in [6.45, 7) is 0. The molecular weight excluding hydrogens is 611 g/mol. The van der Waals surface area contributed by atoms with Gasteiger partial charge in [-0.25, -0.2) is 4.98 Å². The number of hydrogen-bond donors (Lipinski definition) is 0. The third kappa shape index (κ3) is 5.63. The summed E-state index contributed by atoms with van der Waals surface area (Å²) in [7, 11) is 0. The van der Waals surface area contributed by atoms with Gasteiger partial charge >= 0.3 is 0 Å². The third-order valence-corrected chi connectivity index (χ3v) is 10.4. The van der Waals surface area contributed by atoms with Gasteiger partial charge in [0.1, 0.15) is 0 Å². The molecule has 0 atom stereocenters. The number of pyridine rings is 1. The van der Waals surface area contributed by atoms with E-state index < -0.39 is 0 Å². The molecule has 0 aliphatic carbocycles. The number of aromatic nitrogens is 1. The van der Waals surface area contributed by atoms with Crippen LogP contribution in [0.25, 0.3) is 87.2 Å². The molecule has 49 heavy (non-hydrogen) atoms. The van der Waals surface area contributed by atoms with Crippen LogP contribution in [0.2, 0.25) is 0 Å². The first kappa shape index (κ1) is 29.1. The highest BCUT2D eigenvalue weighted by Gasteiger charge is 2.14. The van der Waals surface area contributed by atoms with E-state index in [9.17, 15) is 0 Å². The van der Waals surface area contributed by atoms with Gasteiger partial charge in [-0.05, 0) is 87.0 Å². The summed E-state index contributed by atoms with van der Waals surface area (Å²) in [5, 5.41) is 2.64. The van der Waals surface area contributed by atoms with Crippen molar-refractivity contribution < 1.29 is 0 Å². The lowest BCUT2D eigenvalue weighted by molar-refractivity contribution is 1.32. The summed E-state index contributed by atoms with van der Waals surface area (Å²) in [6, 6.07) is 67.6. The number of benzene rings is 7. The minimum absolute atomic E-state index is 0.962. The first-order valence-electron chi connectivity index (χ1n) is 16.6. The molecule has 0 fully saturated rings. The van der Waals surface area contributed by atoms with Crippen LogP contribution in [-0.2, 0) is 0 Å². The molecule has 9 aromatic rings. The number of fused-ring (bicyclic) bond motifs is 3. The second kappa shape index (κ2) is 12.5. The zero-order valence-corrected chi connectivity index (χ0v) is 27.6. The highest BCUT2D eigenvalue weighted by molar-refractivity contribution is 7.25. The molecule has 0 N–H and O–H groups in total. The van der Waals surface area contributed by atoms with Crippen molar-refractivity contribution in [3.05, 3.63) is 188 Å². The predicted molar refractivity (Wildman–Crippen MR) is 210 cm³/mol. The van der Waals surface area contributed by atoms with E-state index in [2.05, 4.69) is 188 Å². The van der Waals surface area contributed by atoms with Crippen molar-refractivity contribution in [3.8, 4) is 67.0 Å². The van der Waals surface area contributed by atoms with Crippen molar-refractivity contribution >= 4 is 31.5 Å². The number of hydrogen-bond acceptors (Lipinski definition) is 2. The van der Waals surface area contributed by atoms with E-state index in [0.29, 0.717) is 0 Å². The third-order valence-electron chi connectivity index (χ3n) is 9.29. The Bertz CT molecular complexity index is 2530. The number of nitrogens with zero attached hydrogens (tertiary/aromatic N) is 1. The Kier molecular flexibility index (Phi) is 7.42. The van der Waals surface area contributed by atoms with Gasteiger partial charge in [-0.2, -0.15) is 0 Å². The molecule has 2 heteroatoms. The van der Waals surface area contributed by atoms with Gasteiger partial charge in [0.25, 0.3) is 0 Å². The van der Waals surface area contributed by atoms with Crippen molar-refractivity contribution in [2.45, 2.75) is 0 Å². The topological polar surface area (TPSA) is 12.9 Å². The molecule has 2 aromatic heterocycles. The molecule has 2 heterocycles. The van der Waals surface area contributed by atoms with Gasteiger partial charge in [0.2, 0.25) is 0 Å². The molecule has 0 aliphatic heterocycles. The molecule has 0 radical (unpaired) electrons. The van der Waals surface area contributed by atoms with Crippen molar-refractivity contribution in [3.63, 3.8) is 0 Å². The standard InChI is InChI=1S/C47H31NS/c1-4-13-32(14-5-1)40-25-23-37(39-30-44(33-15-6-2-7-16-33)48-45(31-39)34-17-8-3-9-18-34)28-42(40)38-20-12-19-35(27-38)36-24-26-47-43(29-36)41-21-10-11-22-46(41)49-47/h1-31H. The molecule has 0 amide bonds. The molecule has 1 nitrogen and oxygen atoms in total. The largest absolute Gasteiger partial charge is 0.248 e. The molecule has 0 saturated carbocycles.